The van der Waals surface area contributed by atoms with Crippen molar-refractivity contribution < 1.29 is 9.90 Å². The smallest absolute Gasteiger partial charge is 0.305 e. The number of carboxylic acids is 1. The van der Waals surface area contributed by atoms with E-state index in [4.69, 9.17) is 5.11 Å². The first-order valence-corrected chi connectivity index (χ1v) is 7.90. The van der Waals surface area contributed by atoms with E-state index in [1.54, 1.807) is 0 Å². The summed E-state index contributed by atoms with van der Waals surface area (Å²) in [5.74, 6) is -0.716. The van der Waals surface area contributed by atoms with Crippen molar-refractivity contribution in [2.75, 3.05) is 18.5 Å². The molecule has 4 nitrogen and oxygen atoms in total. The van der Waals surface area contributed by atoms with Gasteiger partial charge in [0.05, 0.1) is 6.42 Å². The summed E-state index contributed by atoms with van der Waals surface area (Å²) in [6, 6.07) is 12.1. The van der Waals surface area contributed by atoms with Gasteiger partial charge in [0, 0.05) is 30.4 Å². The summed E-state index contributed by atoms with van der Waals surface area (Å²) in [6.45, 7) is 0.604. The van der Waals surface area contributed by atoms with Crippen LogP contribution < -0.4 is 4.90 Å². The summed E-state index contributed by atoms with van der Waals surface area (Å²) in [7, 11) is 2.24. The molecule has 4 heteroatoms. The summed E-state index contributed by atoms with van der Waals surface area (Å²) >= 11 is 0. The molecule has 2 atom stereocenters. The summed E-state index contributed by atoms with van der Waals surface area (Å²) in [5, 5.41) is 9.03. The second-order valence-corrected chi connectivity index (χ2v) is 6.35. The van der Waals surface area contributed by atoms with Crippen molar-refractivity contribution in [3.05, 3.63) is 30.3 Å². The Kier molecular flexibility index (Phi) is 4.15. The average Bonchev–Trinajstić information content (AvgIpc) is 2.70. The molecule has 0 aromatic heterocycles. The molecule has 2 aliphatic heterocycles. The maximum absolute atomic E-state index is 11.0. The number of aliphatic carboxylic acids is 1. The van der Waals surface area contributed by atoms with Crippen LogP contribution in [0, 0.1) is 0 Å². The van der Waals surface area contributed by atoms with E-state index in [9.17, 15) is 4.79 Å². The zero-order valence-corrected chi connectivity index (χ0v) is 12.6. The lowest BCUT2D eigenvalue weighted by Gasteiger charge is -2.42. The van der Waals surface area contributed by atoms with Gasteiger partial charge in [-0.15, -0.1) is 0 Å². The Hall–Kier alpha value is -1.55. The van der Waals surface area contributed by atoms with E-state index in [2.05, 4.69) is 29.0 Å². The molecule has 114 valence electrons. The van der Waals surface area contributed by atoms with Gasteiger partial charge in [-0.1, -0.05) is 18.2 Å². The molecule has 0 radical (unpaired) electrons. The number of benzene rings is 1. The van der Waals surface area contributed by atoms with Gasteiger partial charge in [0.2, 0.25) is 0 Å². The molecule has 2 aliphatic rings. The van der Waals surface area contributed by atoms with Crippen LogP contribution >= 0.6 is 0 Å². The first-order chi connectivity index (χ1) is 10.1. The largest absolute Gasteiger partial charge is 0.481 e. The molecule has 1 aromatic rings. The lowest BCUT2D eigenvalue weighted by atomic mass is 9.95. The molecule has 2 unspecified atom stereocenters. The molecule has 21 heavy (non-hydrogen) atoms. The fraction of sp³-hybridized carbons (Fsp3) is 0.588. The molecule has 0 aliphatic carbocycles. The standard InChI is InChI=1S/C17H24N2O2/c1-18-14-7-8-15(18)12-16(11-14)19(10-9-17(20)21)13-5-3-2-4-6-13/h2-6,14-16H,7-12H2,1H3,(H,20,21). The highest BCUT2D eigenvalue weighted by molar-refractivity contribution is 5.67. The molecule has 0 spiro atoms. The van der Waals surface area contributed by atoms with Crippen molar-refractivity contribution in [2.24, 2.45) is 0 Å². The molecule has 3 rings (SSSR count). The Labute approximate surface area is 126 Å². The summed E-state index contributed by atoms with van der Waals surface area (Å²) in [5.41, 5.74) is 1.16. The number of anilines is 1. The Morgan fingerprint density at radius 3 is 2.43 bits per heavy atom. The van der Waals surface area contributed by atoms with Crippen molar-refractivity contribution >= 4 is 11.7 Å². The highest BCUT2D eigenvalue weighted by Crippen LogP contribution is 2.37. The van der Waals surface area contributed by atoms with Gasteiger partial charge in [0.1, 0.15) is 0 Å². The molecule has 2 bridgehead atoms. The molecule has 1 aromatic carbocycles. The van der Waals surface area contributed by atoms with Crippen LogP contribution in [0.4, 0.5) is 5.69 Å². The number of fused-ring (bicyclic) bond motifs is 2. The molecule has 0 amide bonds. The highest BCUT2D eigenvalue weighted by Gasteiger charge is 2.40. The normalized spacial score (nSPS) is 28.5. The van der Waals surface area contributed by atoms with Crippen LogP contribution in [0.1, 0.15) is 32.1 Å². The van der Waals surface area contributed by atoms with Crippen LogP contribution in [-0.2, 0) is 4.79 Å². The van der Waals surface area contributed by atoms with Gasteiger partial charge in [-0.25, -0.2) is 0 Å². The number of hydrogen-bond acceptors (Lipinski definition) is 3. The minimum atomic E-state index is -0.716. The first-order valence-electron chi connectivity index (χ1n) is 7.90. The Balaban J connectivity index is 1.77. The van der Waals surface area contributed by atoms with Gasteiger partial charge in [-0.2, -0.15) is 0 Å². The fourth-order valence-corrected chi connectivity index (χ4v) is 4.00. The van der Waals surface area contributed by atoms with Crippen LogP contribution in [0.3, 0.4) is 0 Å². The maximum atomic E-state index is 11.0. The molecule has 2 fully saturated rings. The summed E-state index contributed by atoms with van der Waals surface area (Å²) in [4.78, 5) is 15.8. The van der Waals surface area contributed by atoms with E-state index in [-0.39, 0.29) is 6.42 Å². The van der Waals surface area contributed by atoms with Crippen LogP contribution in [0.2, 0.25) is 0 Å². The zero-order valence-electron chi connectivity index (χ0n) is 12.6. The SMILES string of the molecule is CN1C2CCC1CC(N(CCC(=O)O)c1ccccc1)C2. The van der Waals surface area contributed by atoms with Crippen molar-refractivity contribution in [2.45, 2.75) is 50.2 Å². The topological polar surface area (TPSA) is 43.8 Å². The van der Waals surface area contributed by atoms with E-state index in [0.29, 0.717) is 24.7 Å². The second-order valence-electron chi connectivity index (χ2n) is 6.35. The van der Waals surface area contributed by atoms with Crippen LogP contribution in [0.25, 0.3) is 0 Å². The fourth-order valence-electron chi connectivity index (χ4n) is 4.00. The van der Waals surface area contributed by atoms with Gasteiger partial charge >= 0.3 is 5.97 Å². The monoisotopic (exact) mass is 288 g/mol. The van der Waals surface area contributed by atoms with E-state index < -0.39 is 5.97 Å². The lowest BCUT2D eigenvalue weighted by Crippen LogP contribution is -2.49. The van der Waals surface area contributed by atoms with Crippen LogP contribution in [-0.4, -0.2) is 47.7 Å². The molecular weight excluding hydrogens is 264 g/mol. The number of piperidine rings is 1. The van der Waals surface area contributed by atoms with E-state index in [1.165, 1.54) is 12.8 Å². The third-order valence-corrected chi connectivity index (χ3v) is 5.17. The maximum Gasteiger partial charge on any atom is 0.305 e. The lowest BCUT2D eigenvalue weighted by molar-refractivity contribution is -0.136. The predicted octanol–water partition coefficient (Wildman–Crippen LogP) is 2.59. The van der Waals surface area contributed by atoms with Gasteiger partial charge in [-0.05, 0) is 44.9 Å². The van der Waals surface area contributed by atoms with Crippen molar-refractivity contribution in [3.63, 3.8) is 0 Å². The quantitative estimate of drug-likeness (QED) is 0.904. The molecular formula is C17H24N2O2. The third-order valence-electron chi connectivity index (χ3n) is 5.17. The zero-order chi connectivity index (χ0) is 14.8. The number of carboxylic acid groups (broad SMARTS) is 1. The van der Waals surface area contributed by atoms with Gasteiger partial charge in [0.15, 0.2) is 0 Å². The summed E-state index contributed by atoms with van der Waals surface area (Å²) < 4.78 is 0. The van der Waals surface area contributed by atoms with Gasteiger partial charge < -0.3 is 14.9 Å². The Morgan fingerprint density at radius 2 is 1.86 bits per heavy atom. The molecule has 0 saturated carbocycles. The average molecular weight is 288 g/mol. The highest BCUT2D eigenvalue weighted by atomic mass is 16.4. The van der Waals surface area contributed by atoms with Gasteiger partial charge in [-0.3, -0.25) is 4.79 Å². The van der Waals surface area contributed by atoms with Gasteiger partial charge in [0.25, 0.3) is 0 Å². The predicted molar refractivity (Wildman–Crippen MR) is 83.6 cm³/mol. The van der Waals surface area contributed by atoms with Crippen LogP contribution in [0.5, 0.6) is 0 Å². The van der Waals surface area contributed by atoms with Crippen molar-refractivity contribution in [1.82, 2.24) is 4.90 Å². The molecule has 2 saturated heterocycles. The van der Waals surface area contributed by atoms with Crippen molar-refractivity contribution in [3.8, 4) is 0 Å². The Morgan fingerprint density at radius 1 is 1.24 bits per heavy atom. The minimum Gasteiger partial charge on any atom is -0.481 e. The number of para-hydroxylation sites is 1. The number of rotatable bonds is 5. The third kappa shape index (κ3) is 3.05. The van der Waals surface area contributed by atoms with E-state index in [0.717, 1.165) is 18.5 Å². The molecule has 1 N–H and O–H groups in total. The van der Waals surface area contributed by atoms with Crippen LogP contribution in [0.15, 0.2) is 30.3 Å². The summed E-state index contributed by atoms with van der Waals surface area (Å²) in [6.07, 6.45) is 5.10. The molecule has 2 heterocycles. The number of hydrogen-bond donors (Lipinski definition) is 1. The number of carbonyl (C=O) groups is 1. The van der Waals surface area contributed by atoms with E-state index in [1.807, 2.05) is 18.2 Å². The van der Waals surface area contributed by atoms with E-state index >= 15 is 0 Å². The second kappa shape index (κ2) is 6.06. The number of nitrogens with zero attached hydrogens (tertiary/aromatic N) is 2. The minimum absolute atomic E-state index is 0.205. The Bertz CT molecular complexity index is 477. The first kappa shape index (κ1) is 14.4. The van der Waals surface area contributed by atoms with Crippen molar-refractivity contribution in [1.29, 1.82) is 0 Å².